The Kier molecular flexibility index (Phi) is 5.90. The van der Waals surface area contributed by atoms with Crippen molar-refractivity contribution in [3.05, 3.63) is 65.2 Å². The molecule has 0 saturated heterocycles. The molecule has 9 heteroatoms. The molecule has 2 heterocycles. The van der Waals surface area contributed by atoms with Gasteiger partial charge >= 0.3 is 6.18 Å². The molecule has 1 aromatic carbocycles. The van der Waals surface area contributed by atoms with Gasteiger partial charge in [-0.2, -0.15) is 13.2 Å². The second-order valence-electron chi connectivity index (χ2n) is 5.96. The highest BCUT2D eigenvalue weighted by atomic mass is 32.1. The van der Waals surface area contributed by atoms with Gasteiger partial charge in [0.15, 0.2) is 5.13 Å². The van der Waals surface area contributed by atoms with E-state index in [2.05, 4.69) is 15.3 Å². The third-order valence-corrected chi connectivity index (χ3v) is 4.72. The van der Waals surface area contributed by atoms with Gasteiger partial charge in [-0.25, -0.2) is 9.97 Å². The standard InChI is InChI=1S/C18H17F3N4OS/c19-18(20,21)14-4-1-3-13(9-14)10-15-11-23-17(27-15)24-16(26)5-2-7-25-8-6-22-12-25/h1,3-4,6,8-9,11-12H,2,5,7,10H2,(H,23,24,26). The van der Waals surface area contributed by atoms with E-state index in [9.17, 15) is 18.0 Å². The number of carbonyl (C=O) groups excluding carboxylic acids is 1. The van der Waals surface area contributed by atoms with E-state index in [-0.39, 0.29) is 5.91 Å². The number of benzene rings is 1. The fourth-order valence-corrected chi connectivity index (χ4v) is 3.39. The molecule has 3 rings (SSSR count). The molecule has 0 atom stereocenters. The van der Waals surface area contributed by atoms with Crippen LogP contribution in [0.5, 0.6) is 0 Å². The lowest BCUT2D eigenvalue weighted by atomic mass is 10.1. The normalized spacial score (nSPS) is 11.5. The van der Waals surface area contributed by atoms with Gasteiger partial charge in [0, 0.05) is 42.9 Å². The first-order valence-corrected chi connectivity index (χ1v) is 9.08. The van der Waals surface area contributed by atoms with Gasteiger partial charge in [0.25, 0.3) is 0 Å². The lowest BCUT2D eigenvalue weighted by molar-refractivity contribution is -0.137. The van der Waals surface area contributed by atoms with Crippen molar-refractivity contribution >= 4 is 22.4 Å². The van der Waals surface area contributed by atoms with E-state index in [1.165, 1.54) is 17.4 Å². The summed E-state index contributed by atoms with van der Waals surface area (Å²) >= 11 is 1.26. The summed E-state index contributed by atoms with van der Waals surface area (Å²) in [5, 5.41) is 3.18. The Morgan fingerprint density at radius 3 is 2.89 bits per heavy atom. The summed E-state index contributed by atoms with van der Waals surface area (Å²) in [6.07, 6.45) is 3.77. The minimum atomic E-state index is -4.36. The largest absolute Gasteiger partial charge is 0.416 e. The molecule has 3 aromatic rings. The van der Waals surface area contributed by atoms with E-state index in [1.807, 2.05) is 10.8 Å². The number of nitrogens with zero attached hydrogens (tertiary/aromatic N) is 3. The van der Waals surface area contributed by atoms with Crippen LogP contribution >= 0.6 is 11.3 Å². The number of halogens is 3. The van der Waals surface area contributed by atoms with Gasteiger partial charge in [0.1, 0.15) is 0 Å². The monoisotopic (exact) mass is 394 g/mol. The molecule has 5 nitrogen and oxygen atoms in total. The van der Waals surface area contributed by atoms with Gasteiger partial charge in [-0.1, -0.05) is 18.2 Å². The van der Waals surface area contributed by atoms with Crippen molar-refractivity contribution in [3.63, 3.8) is 0 Å². The first kappa shape index (κ1) is 19.1. The number of imidazole rings is 1. The molecule has 0 saturated carbocycles. The van der Waals surface area contributed by atoms with Gasteiger partial charge < -0.3 is 9.88 Å². The number of alkyl halides is 3. The Bertz CT molecular complexity index is 890. The van der Waals surface area contributed by atoms with Crippen molar-refractivity contribution in [3.8, 4) is 0 Å². The van der Waals surface area contributed by atoms with E-state index >= 15 is 0 Å². The molecule has 1 amide bonds. The van der Waals surface area contributed by atoms with Crippen LogP contribution in [-0.4, -0.2) is 20.4 Å². The van der Waals surface area contributed by atoms with Crippen LogP contribution < -0.4 is 5.32 Å². The molecule has 0 unspecified atom stereocenters. The van der Waals surface area contributed by atoms with E-state index in [0.717, 1.165) is 17.0 Å². The minimum absolute atomic E-state index is 0.143. The average Bonchev–Trinajstić information content (AvgIpc) is 3.27. The van der Waals surface area contributed by atoms with Crippen molar-refractivity contribution in [2.45, 2.75) is 32.0 Å². The number of carbonyl (C=O) groups is 1. The molecule has 2 aromatic heterocycles. The van der Waals surface area contributed by atoms with Gasteiger partial charge in [0.05, 0.1) is 11.9 Å². The molecule has 0 aliphatic carbocycles. The molecule has 0 aliphatic rings. The van der Waals surface area contributed by atoms with Crippen molar-refractivity contribution in [2.75, 3.05) is 5.32 Å². The zero-order valence-electron chi connectivity index (χ0n) is 14.2. The molecule has 142 valence electrons. The van der Waals surface area contributed by atoms with Gasteiger partial charge in [-0.3, -0.25) is 4.79 Å². The van der Waals surface area contributed by atoms with Crippen LogP contribution in [0, 0.1) is 0 Å². The SMILES string of the molecule is O=C(CCCn1ccnc1)Nc1ncc(Cc2cccc(C(F)(F)F)c2)s1. The summed E-state index contributed by atoms with van der Waals surface area (Å²) in [6.45, 7) is 0.700. The number of aryl methyl sites for hydroxylation is 1. The van der Waals surface area contributed by atoms with Gasteiger partial charge in [0.2, 0.25) is 5.91 Å². The van der Waals surface area contributed by atoms with Crippen molar-refractivity contribution in [1.82, 2.24) is 14.5 Å². The van der Waals surface area contributed by atoms with E-state index < -0.39 is 11.7 Å². The fourth-order valence-electron chi connectivity index (χ4n) is 2.53. The first-order valence-electron chi connectivity index (χ1n) is 8.26. The second-order valence-corrected chi connectivity index (χ2v) is 7.07. The third-order valence-electron chi connectivity index (χ3n) is 3.81. The number of anilines is 1. The predicted molar refractivity (Wildman–Crippen MR) is 96.5 cm³/mol. The number of nitrogens with one attached hydrogen (secondary N) is 1. The molecule has 27 heavy (non-hydrogen) atoms. The molecule has 0 spiro atoms. The summed E-state index contributed by atoms with van der Waals surface area (Å²) in [7, 11) is 0. The number of rotatable bonds is 7. The zero-order chi connectivity index (χ0) is 19.3. The van der Waals surface area contributed by atoms with Crippen LogP contribution in [0.1, 0.15) is 28.8 Å². The molecule has 1 N–H and O–H groups in total. The summed E-state index contributed by atoms with van der Waals surface area (Å²) in [6, 6.07) is 5.21. The Morgan fingerprint density at radius 1 is 1.30 bits per heavy atom. The summed E-state index contributed by atoms with van der Waals surface area (Å²) in [5.41, 5.74) is -0.123. The zero-order valence-corrected chi connectivity index (χ0v) is 15.1. The highest BCUT2D eigenvalue weighted by molar-refractivity contribution is 7.15. The highest BCUT2D eigenvalue weighted by Gasteiger charge is 2.30. The van der Waals surface area contributed by atoms with E-state index in [4.69, 9.17) is 0 Å². The lowest BCUT2D eigenvalue weighted by Gasteiger charge is -2.07. The third kappa shape index (κ3) is 5.65. The Hall–Kier alpha value is -2.68. The van der Waals surface area contributed by atoms with Crippen LogP contribution in [0.3, 0.4) is 0 Å². The molecule has 0 aliphatic heterocycles. The summed E-state index contributed by atoms with van der Waals surface area (Å²) in [4.78, 5) is 20.8. The highest BCUT2D eigenvalue weighted by Crippen LogP contribution is 2.30. The molecule has 0 radical (unpaired) electrons. The van der Waals surface area contributed by atoms with Crippen molar-refractivity contribution in [1.29, 1.82) is 0 Å². The fraction of sp³-hybridized carbons (Fsp3) is 0.278. The molecule has 0 bridgehead atoms. The van der Waals surface area contributed by atoms with Gasteiger partial charge in [-0.05, 0) is 18.1 Å². The summed E-state index contributed by atoms with van der Waals surface area (Å²) in [5.74, 6) is -0.143. The quantitative estimate of drug-likeness (QED) is 0.647. The predicted octanol–water partition coefficient (Wildman–Crippen LogP) is 4.37. The maximum Gasteiger partial charge on any atom is 0.416 e. The van der Waals surface area contributed by atoms with Crippen LogP contribution in [0.15, 0.2) is 49.2 Å². The first-order chi connectivity index (χ1) is 12.9. The van der Waals surface area contributed by atoms with E-state index in [0.29, 0.717) is 36.5 Å². The Labute approximate surface area is 157 Å². The van der Waals surface area contributed by atoms with Crippen LogP contribution in [-0.2, 0) is 23.9 Å². The minimum Gasteiger partial charge on any atom is -0.337 e. The smallest absolute Gasteiger partial charge is 0.337 e. The molecule has 0 fully saturated rings. The number of thiazole rings is 1. The molecular formula is C18H17F3N4OS. The summed E-state index contributed by atoms with van der Waals surface area (Å²) < 4.78 is 40.2. The second kappa shape index (κ2) is 8.34. The van der Waals surface area contributed by atoms with Crippen molar-refractivity contribution < 1.29 is 18.0 Å². The lowest BCUT2D eigenvalue weighted by Crippen LogP contribution is -2.11. The van der Waals surface area contributed by atoms with E-state index in [1.54, 1.807) is 24.8 Å². The van der Waals surface area contributed by atoms with Crippen LogP contribution in [0.25, 0.3) is 0 Å². The topological polar surface area (TPSA) is 59.8 Å². The Morgan fingerprint density at radius 2 is 2.15 bits per heavy atom. The van der Waals surface area contributed by atoms with Crippen LogP contribution in [0.4, 0.5) is 18.3 Å². The van der Waals surface area contributed by atoms with Gasteiger partial charge in [-0.15, -0.1) is 11.3 Å². The maximum absolute atomic E-state index is 12.8. The maximum atomic E-state index is 12.8. The van der Waals surface area contributed by atoms with Crippen molar-refractivity contribution in [2.24, 2.45) is 0 Å². The Balaban J connectivity index is 1.51. The number of hydrogen-bond acceptors (Lipinski definition) is 4. The average molecular weight is 394 g/mol. The number of hydrogen-bond donors (Lipinski definition) is 1. The molecular weight excluding hydrogens is 377 g/mol. The van der Waals surface area contributed by atoms with Crippen LogP contribution in [0.2, 0.25) is 0 Å². The number of amides is 1. The number of aromatic nitrogens is 3.